The normalized spacial score (nSPS) is 13.1. The monoisotopic (exact) mass is 282 g/mol. The van der Waals surface area contributed by atoms with Crippen LogP contribution in [-0.2, 0) is 9.84 Å². The fraction of sp³-hybridized carbons (Fsp3) is 0.467. The molecular weight excluding hydrogens is 260 g/mol. The van der Waals surface area contributed by atoms with Gasteiger partial charge in [0.15, 0.2) is 9.84 Å². The molecule has 3 nitrogen and oxygen atoms in total. The van der Waals surface area contributed by atoms with Crippen LogP contribution in [-0.4, -0.2) is 18.8 Å². The van der Waals surface area contributed by atoms with Gasteiger partial charge in [0.25, 0.3) is 0 Å². The van der Waals surface area contributed by atoms with E-state index < -0.39 is 20.2 Å². The lowest BCUT2D eigenvalue weighted by Gasteiger charge is -2.23. The number of hydrogen-bond donors (Lipinski definition) is 0. The number of ether oxygens (including phenoxy) is 1. The number of hydrogen-bond acceptors (Lipinski definition) is 3. The second-order valence-electron chi connectivity index (χ2n) is 6.00. The maximum atomic E-state index is 12.2. The SMILES string of the molecule is C=CC(C)(C)Oc1ccc(S(=O)(=O)C(C)(C)C)cc1. The van der Waals surface area contributed by atoms with Crippen LogP contribution in [0.3, 0.4) is 0 Å². The van der Waals surface area contributed by atoms with Gasteiger partial charge in [-0.2, -0.15) is 0 Å². The van der Waals surface area contributed by atoms with E-state index in [1.54, 1.807) is 51.1 Å². The highest BCUT2D eigenvalue weighted by Gasteiger charge is 2.30. The first-order valence-electron chi connectivity index (χ1n) is 6.17. The molecule has 0 unspecified atom stereocenters. The molecule has 106 valence electrons. The minimum atomic E-state index is -3.32. The molecule has 0 saturated carbocycles. The minimum absolute atomic E-state index is 0.309. The number of benzene rings is 1. The first kappa shape index (κ1) is 15.8. The van der Waals surface area contributed by atoms with E-state index in [9.17, 15) is 8.42 Å². The summed E-state index contributed by atoms with van der Waals surface area (Å²) in [4.78, 5) is 0.309. The number of sulfone groups is 1. The molecular formula is C15H22O3S. The summed E-state index contributed by atoms with van der Waals surface area (Å²) in [6.45, 7) is 12.5. The Kier molecular flexibility index (Phi) is 4.15. The van der Waals surface area contributed by atoms with Gasteiger partial charge in [-0.3, -0.25) is 0 Å². The Morgan fingerprint density at radius 1 is 1.05 bits per heavy atom. The second kappa shape index (κ2) is 5.00. The molecule has 0 atom stereocenters. The van der Waals surface area contributed by atoms with Crippen LogP contribution in [0.1, 0.15) is 34.6 Å². The lowest BCUT2D eigenvalue weighted by molar-refractivity contribution is 0.162. The van der Waals surface area contributed by atoms with Crippen molar-refractivity contribution in [3.8, 4) is 5.75 Å². The molecule has 0 saturated heterocycles. The topological polar surface area (TPSA) is 43.4 Å². The van der Waals surface area contributed by atoms with Crippen LogP contribution in [0.25, 0.3) is 0 Å². The predicted octanol–water partition coefficient (Wildman–Crippen LogP) is 3.60. The van der Waals surface area contributed by atoms with Gasteiger partial charge >= 0.3 is 0 Å². The third kappa shape index (κ3) is 3.60. The predicted molar refractivity (Wildman–Crippen MR) is 78.3 cm³/mol. The Balaban J connectivity index is 3.05. The Hall–Kier alpha value is -1.29. The van der Waals surface area contributed by atoms with E-state index in [1.165, 1.54) is 0 Å². The molecule has 0 amide bonds. The van der Waals surface area contributed by atoms with E-state index in [0.29, 0.717) is 10.6 Å². The molecule has 0 aliphatic carbocycles. The van der Waals surface area contributed by atoms with Gasteiger partial charge in [0.1, 0.15) is 11.4 Å². The fourth-order valence-corrected chi connectivity index (χ4v) is 2.59. The van der Waals surface area contributed by atoms with Crippen LogP contribution in [0.15, 0.2) is 41.8 Å². The van der Waals surface area contributed by atoms with Crippen LogP contribution in [0.2, 0.25) is 0 Å². The van der Waals surface area contributed by atoms with Gasteiger partial charge in [0.2, 0.25) is 0 Å². The molecule has 0 bridgehead atoms. The smallest absolute Gasteiger partial charge is 0.183 e. The summed E-state index contributed by atoms with van der Waals surface area (Å²) >= 11 is 0. The van der Waals surface area contributed by atoms with Crippen molar-refractivity contribution in [3.05, 3.63) is 36.9 Å². The van der Waals surface area contributed by atoms with Crippen molar-refractivity contribution in [1.29, 1.82) is 0 Å². The van der Waals surface area contributed by atoms with E-state index >= 15 is 0 Å². The largest absolute Gasteiger partial charge is 0.484 e. The van der Waals surface area contributed by atoms with Crippen LogP contribution in [0.4, 0.5) is 0 Å². The van der Waals surface area contributed by atoms with Crippen molar-refractivity contribution in [1.82, 2.24) is 0 Å². The Labute approximate surface area is 116 Å². The summed E-state index contributed by atoms with van der Waals surface area (Å²) in [5.74, 6) is 0.623. The first-order chi connectivity index (χ1) is 8.49. The molecule has 1 rings (SSSR count). The van der Waals surface area contributed by atoms with Crippen molar-refractivity contribution >= 4 is 9.84 Å². The van der Waals surface area contributed by atoms with Gasteiger partial charge in [-0.1, -0.05) is 6.58 Å². The van der Waals surface area contributed by atoms with Crippen LogP contribution in [0.5, 0.6) is 5.75 Å². The summed E-state index contributed by atoms with van der Waals surface area (Å²) in [5.41, 5.74) is -0.482. The fourth-order valence-electron chi connectivity index (χ4n) is 1.39. The molecule has 0 aliphatic heterocycles. The standard InChI is InChI=1S/C15H22O3S/c1-7-15(5,6)18-12-8-10-13(11-9-12)19(16,17)14(2,3)4/h7-11H,1H2,2-6H3. The average Bonchev–Trinajstić information content (AvgIpc) is 2.28. The van der Waals surface area contributed by atoms with Gasteiger partial charge in [-0.25, -0.2) is 8.42 Å². The molecule has 0 aromatic heterocycles. The van der Waals surface area contributed by atoms with E-state index in [2.05, 4.69) is 6.58 Å². The zero-order chi connectivity index (χ0) is 14.9. The lowest BCUT2D eigenvalue weighted by atomic mass is 10.1. The maximum Gasteiger partial charge on any atom is 0.183 e. The summed E-state index contributed by atoms with van der Waals surface area (Å²) in [6, 6.07) is 6.50. The first-order valence-corrected chi connectivity index (χ1v) is 7.65. The Morgan fingerprint density at radius 3 is 1.89 bits per heavy atom. The van der Waals surface area contributed by atoms with E-state index in [1.807, 2.05) is 13.8 Å². The van der Waals surface area contributed by atoms with Gasteiger partial charge < -0.3 is 4.74 Å². The molecule has 0 heterocycles. The molecule has 1 aromatic carbocycles. The molecule has 0 spiro atoms. The van der Waals surface area contributed by atoms with Crippen molar-refractivity contribution in [2.24, 2.45) is 0 Å². The molecule has 0 radical (unpaired) electrons. The third-order valence-electron chi connectivity index (χ3n) is 2.81. The summed E-state index contributed by atoms with van der Waals surface area (Å²) in [6.07, 6.45) is 1.70. The van der Waals surface area contributed by atoms with Gasteiger partial charge in [0.05, 0.1) is 9.64 Å². The highest BCUT2D eigenvalue weighted by molar-refractivity contribution is 7.92. The number of rotatable bonds is 4. The van der Waals surface area contributed by atoms with Crippen molar-refractivity contribution in [3.63, 3.8) is 0 Å². The summed E-state index contributed by atoms with van der Waals surface area (Å²) in [7, 11) is -3.32. The molecule has 0 aliphatic rings. The van der Waals surface area contributed by atoms with Crippen LogP contribution in [0, 0.1) is 0 Å². The maximum absolute atomic E-state index is 12.2. The Morgan fingerprint density at radius 2 is 1.53 bits per heavy atom. The van der Waals surface area contributed by atoms with Crippen molar-refractivity contribution in [2.45, 2.75) is 49.9 Å². The van der Waals surface area contributed by atoms with Crippen molar-refractivity contribution in [2.75, 3.05) is 0 Å². The zero-order valence-corrected chi connectivity index (χ0v) is 13.0. The van der Waals surface area contributed by atoms with Gasteiger partial charge in [-0.15, -0.1) is 0 Å². The van der Waals surface area contributed by atoms with E-state index in [4.69, 9.17) is 4.74 Å². The van der Waals surface area contributed by atoms with Crippen LogP contribution < -0.4 is 4.74 Å². The van der Waals surface area contributed by atoms with E-state index in [-0.39, 0.29) is 0 Å². The highest BCUT2D eigenvalue weighted by Crippen LogP contribution is 2.27. The zero-order valence-electron chi connectivity index (χ0n) is 12.2. The van der Waals surface area contributed by atoms with Gasteiger partial charge in [-0.05, 0) is 65.0 Å². The molecule has 0 fully saturated rings. The highest BCUT2D eigenvalue weighted by atomic mass is 32.2. The molecule has 1 aromatic rings. The molecule has 19 heavy (non-hydrogen) atoms. The van der Waals surface area contributed by atoms with E-state index in [0.717, 1.165) is 0 Å². The quantitative estimate of drug-likeness (QED) is 0.792. The molecule has 4 heteroatoms. The molecule has 0 N–H and O–H groups in total. The summed E-state index contributed by atoms with van der Waals surface area (Å²) in [5, 5.41) is 0. The summed E-state index contributed by atoms with van der Waals surface area (Å²) < 4.78 is 29.4. The Bertz CT molecular complexity index is 546. The average molecular weight is 282 g/mol. The van der Waals surface area contributed by atoms with Gasteiger partial charge in [0, 0.05) is 0 Å². The van der Waals surface area contributed by atoms with Crippen molar-refractivity contribution < 1.29 is 13.2 Å². The van der Waals surface area contributed by atoms with Crippen LogP contribution >= 0.6 is 0 Å². The third-order valence-corrected chi connectivity index (χ3v) is 5.32. The minimum Gasteiger partial charge on any atom is -0.484 e. The second-order valence-corrected chi connectivity index (χ2v) is 8.70. The lowest BCUT2D eigenvalue weighted by Crippen LogP contribution is -2.28.